The summed E-state index contributed by atoms with van der Waals surface area (Å²) in [5.74, 6) is 0. The van der Waals surface area contributed by atoms with Gasteiger partial charge in [-0.3, -0.25) is 4.98 Å². The summed E-state index contributed by atoms with van der Waals surface area (Å²) in [5, 5.41) is 3.37. The minimum atomic E-state index is 1.05. The van der Waals surface area contributed by atoms with Crippen molar-refractivity contribution in [1.29, 1.82) is 0 Å². The van der Waals surface area contributed by atoms with Crippen LogP contribution in [-0.4, -0.2) is 31.2 Å². The van der Waals surface area contributed by atoms with Gasteiger partial charge in [0.1, 0.15) is 0 Å². The van der Waals surface area contributed by atoms with Gasteiger partial charge in [-0.25, -0.2) is 0 Å². The molecule has 1 fully saturated rings. The van der Waals surface area contributed by atoms with E-state index in [0.717, 1.165) is 26.2 Å². The second-order valence-corrected chi connectivity index (χ2v) is 4.53. The number of rotatable bonds is 2. The lowest BCUT2D eigenvalue weighted by atomic mass is 10.1. The Morgan fingerprint density at radius 2 is 1.72 bits per heavy atom. The molecule has 1 aliphatic heterocycles. The maximum atomic E-state index is 4.37. The Kier molecular flexibility index (Phi) is 3.24. The molecule has 0 unspecified atom stereocenters. The van der Waals surface area contributed by atoms with Crippen LogP contribution in [0.25, 0.3) is 11.1 Å². The average Bonchev–Trinajstić information content (AvgIpc) is 2.49. The van der Waals surface area contributed by atoms with Gasteiger partial charge < -0.3 is 10.2 Å². The second kappa shape index (κ2) is 5.19. The normalized spacial score (nSPS) is 15.7. The molecule has 0 spiro atoms. The highest BCUT2D eigenvalue weighted by Crippen LogP contribution is 2.23. The summed E-state index contributed by atoms with van der Waals surface area (Å²) in [7, 11) is 0. The highest BCUT2D eigenvalue weighted by atomic mass is 15.2. The van der Waals surface area contributed by atoms with Gasteiger partial charge in [0.15, 0.2) is 0 Å². The Balaban J connectivity index is 1.89. The molecule has 0 aliphatic carbocycles. The predicted molar refractivity (Wildman–Crippen MR) is 74.8 cm³/mol. The molecule has 92 valence electrons. The van der Waals surface area contributed by atoms with E-state index in [9.17, 15) is 0 Å². The molecule has 1 aromatic heterocycles. The van der Waals surface area contributed by atoms with Gasteiger partial charge in [0.05, 0.1) is 11.9 Å². The first kappa shape index (κ1) is 11.2. The molecular formula is C15H17N3. The Morgan fingerprint density at radius 1 is 0.944 bits per heavy atom. The van der Waals surface area contributed by atoms with E-state index in [1.807, 2.05) is 18.5 Å². The van der Waals surface area contributed by atoms with Crippen molar-refractivity contribution in [3.8, 4) is 11.1 Å². The summed E-state index contributed by atoms with van der Waals surface area (Å²) >= 11 is 0. The fraction of sp³-hybridized carbons (Fsp3) is 0.267. The highest BCUT2D eigenvalue weighted by molar-refractivity contribution is 5.67. The quantitative estimate of drug-likeness (QED) is 0.870. The van der Waals surface area contributed by atoms with Gasteiger partial charge in [0.2, 0.25) is 0 Å². The third-order valence-corrected chi connectivity index (χ3v) is 3.31. The summed E-state index contributed by atoms with van der Waals surface area (Å²) in [6.45, 7) is 4.21. The van der Waals surface area contributed by atoms with Crippen molar-refractivity contribution in [2.75, 3.05) is 31.1 Å². The van der Waals surface area contributed by atoms with E-state index in [4.69, 9.17) is 0 Å². The molecular weight excluding hydrogens is 222 g/mol. The van der Waals surface area contributed by atoms with Gasteiger partial charge in [-0.05, 0) is 11.6 Å². The topological polar surface area (TPSA) is 28.2 Å². The molecule has 2 heterocycles. The summed E-state index contributed by atoms with van der Waals surface area (Å²) in [6.07, 6.45) is 3.89. The summed E-state index contributed by atoms with van der Waals surface area (Å²) < 4.78 is 0. The molecule has 2 aromatic rings. The lowest BCUT2D eigenvalue weighted by Crippen LogP contribution is -2.43. The number of pyridine rings is 1. The molecule has 18 heavy (non-hydrogen) atoms. The Labute approximate surface area is 107 Å². The number of benzene rings is 1. The van der Waals surface area contributed by atoms with Crippen LogP contribution in [0.3, 0.4) is 0 Å². The molecule has 1 aromatic carbocycles. The lowest BCUT2D eigenvalue weighted by molar-refractivity contribution is 0.589. The number of hydrogen-bond acceptors (Lipinski definition) is 3. The van der Waals surface area contributed by atoms with Crippen molar-refractivity contribution in [2.45, 2.75) is 0 Å². The summed E-state index contributed by atoms with van der Waals surface area (Å²) in [5.41, 5.74) is 3.63. The van der Waals surface area contributed by atoms with E-state index in [0.29, 0.717) is 0 Å². The van der Waals surface area contributed by atoms with Gasteiger partial charge >= 0.3 is 0 Å². The molecule has 1 saturated heterocycles. The molecule has 3 heteroatoms. The number of nitrogens with one attached hydrogen (secondary N) is 1. The van der Waals surface area contributed by atoms with E-state index >= 15 is 0 Å². The zero-order valence-corrected chi connectivity index (χ0v) is 10.3. The van der Waals surface area contributed by atoms with Crippen molar-refractivity contribution < 1.29 is 0 Å². The number of hydrogen-bond donors (Lipinski definition) is 1. The molecule has 0 atom stereocenters. The van der Waals surface area contributed by atoms with E-state index in [1.54, 1.807) is 0 Å². The van der Waals surface area contributed by atoms with Crippen LogP contribution in [0.4, 0.5) is 5.69 Å². The summed E-state index contributed by atoms with van der Waals surface area (Å²) in [4.78, 5) is 6.76. The number of anilines is 1. The van der Waals surface area contributed by atoms with Gasteiger partial charge in [-0.15, -0.1) is 0 Å². The lowest BCUT2D eigenvalue weighted by Gasteiger charge is -2.29. The third kappa shape index (κ3) is 2.36. The summed E-state index contributed by atoms with van der Waals surface area (Å²) in [6, 6.07) is 12.6. The van der Waals surface area contributed by atoms with Gasteiger partial charge in [-0.1, -0.05) is 30.3 Å². The van der Waals surface area contributed by atoms with Crippen LogP contribution < -0.4 is 10.2 Å². The minimum absolute atomic E-state index is 1.05. The van der Waals surface area contributed by atoms with Crippen LogP contribution in [0, 0.1) is 0 Å². The van der Waals surface area contributed by atoms with Crippen molar-refractivity contribution >= 4 is 5.69 Å². The van der Waals surface area contributed by atoms with Crippen LogP contribution in [0.2, 0.25) is 0 Å². The predicted octanol–water partition coefficient (Wildman–Crippen LogP) is 2.16. The Hall–Kier alpha value is -1.87. The molecule has 3 rings (SSSR count). The fourth-order valence-electron chi connectivity index (χ4n) is 2.31. The zero-order chi connectivity index (χ0) is 12.2. The van der Waals surface area contributed by atoms with Crippen molar-refractivity contribution in [3.63, 3.8) is 0 Å². The average molecular weight is 239 g/mol. The molecule has 0 bridgehead atoms. The maximum absolute atomic E-state index is 4.37. The molecule has 0 saturated carbocycles. The van der Waals surface area contributed by atoms with E-state index < -0.39 is 0 Å². The monoisotopic (exact) mass is 239 g/mol. The zero-order valence-electron chi connectivity index (χ0n) is 10.3. The van der Waals surface area contributed by atoms with E-state index in [-0.39, 0.29) is 0 Å². The first-order valence-electron chi connectivity index (χ1n) is 6.39. The minimum Gasteiger partial charge on any atom is -0.368 e. The van der Waals surface area contributed by atoms with Crippen molar-refractivity contribution in [3.05, 3.63) is 48.8 Å². The first-order valence-corrected chi connectivity index (χ1v) is 6.39. The van der Waals surface area contributed by atoms with Gasteiger partial charge in [0, 0.05) is 37.9 Å². The number of piperazine rings is 1. The van der Waals surface area contributed by atoms with Crippen molar-refractivity contribution in [1.82, 2.24) is 10.3 Å². The van der Waals surface area contributed by atoms with Crippen LogP contribution in [0.15, 0.2) is 48.8 Å². The molecule has 0 amide bonds. The Bertz CT molecular complexity index is 504. The smallest absolute Gasteiger partial charge is 0.0559 e. The fourth-order valence-corrected chi connectivity index (χ4v) is 2.31. The molecule has 1 N–H and O–H groups in total. The van der Waals surface area contributed by atoms with E-state index in [2.05, 4.69) is 45.5 Å². The number of aromatic nitrogens is 1. The van der Waals surface area contributed by atoms with Crippen LogP contribution in [0.5, 0.6) is 0 Å². The molecule has 3 nitrogen and oxygen atoms in total. The number of nitrogens with zero attached hydrogens (tertiary/aromatic N) is 2. The Morgan fingerprint density at radius 3 is 2.50 bits per heavy atom. The van der Waals surface area contributed by atoms with Crippen LogP contribution >= 0.6 is 0 Å². The second-order valence-electron chi connectivity index (χ2n) is 4.53. The van der Waals surface area contributed by atoms with Crippen LogP contribution in [0.1, 0.15) is 0 Å². The van der Waals surface area contributed by atoms with Gasteiger partial charge in [-0.2, -0.15) is 0 Å². The van der Waals surface area contributed by atoms with Crippen molar-refractivity contribution in [2.24, 2.45) is 0 Å². The van der Waals surface area contributed by atoms with Gasteiger partial charge in [0.25, 0.3) is 0 Å². The first-order chi connectivity index (χ1) is 8.93. The highest BCUT2D eigenvalue weighted by Gasteiger charge is 2.11. The standard InChI is InChI=1S/C15H17N3/c1-2-4-13(5-3-1)14-10-15(12-17-11-14)18-8-6-16-7-9-18/h1-5,10-12,16H,6-9H2. The SMILES string of the molecule is c1ccc(-c2cncc(N3CCNCC3)c2)cc1. The maximum Gasteiger partial charge on any atom is 0.0559 e. The van der Waals surface area contributed by atoms with Crippen LogP contribution in [-0.2, 0) is 0 Å². The largest absolute Gasteiger partial charge is 0.368 e. The van der Waals surface area contributed by atoms with E-state index in [1.165, 1.54) is 16.8 Å². The third-order valence-electron chi connectivity index (χ3n) is 3.31. The molecule has 0 radical (unpaired) electrons. The molecule has 1 aliphatic rings.